The van der Waals surface area contributed by atoms with Crippen molar-refractivity contribution < 1.29 is 14.4 Å². The van der Waals surface area contributed by atoms with Gasteiger partial charge in [0.2, 0.25) is 5.91 Å². The molecule has 2 heterocycles. The highest BCUT2D eigenvalue weighted by Gasteiger charge is 2.56. The smallest absolute Gasteiger partial charge is 0.323 e. The van der Waals surface area contributed by atoms with E-state index in [0.29, 0.717) is 30.0 Å². The van der Waals surface area contributed by atoms with Crippen LogP contribution in [-0.2, 0) is 9.59 Å². The Balaban J connectivity index is 1.51. The van der Waals surface area contributed by atoms with Crippen LogP contribution in [0.4, 0.5) is 10.5 Å². The van der Waals surface area contributed by atoms with Crippen molar-refractivity contribution in [3.8, 4) is 0 Å². The van der Waals surface area contributed by atoms with Crippen LogP contribution in [0, 0.1) is 11.3 Å². The Hall–Kier alpha value is -2.96. The molecule has 2 fully saturated rings. The fourth-order valence-corrected chi connectivity index (χ4v) is 5.19. The second-order valence-electron chi connectivity index (χ2n) is 9.19. The molecule has 4 rings (SSSR count). The number of fused-ring (bicyclic) bond motifs is 1. The van der Waals surface area contributed by atoms with Gasteiger partial charge in [0.15, 0.2) is 0 Å². The molecule has 1 aliphatic heterocycles. The number of carbonyl (C=O) groups is 3. The molecule has 29 heavy (non-hydrogen) atoms. The highest BCUT2D eigenvalue weighted by molar-refractivity contribution is 6.11. The number of pyridine rings is 1. The van der Waals surface area contributed by atoms with Crippen molar-refractivity contribution in [3.63, 3.8) is 0 Å². The van der Waals surface area contributed by atoms with E-state index in [0.717, 1.165) is 16.7 Å². The van der Waals surface area contributed by atoms with Gasteiger partial charge in [0.05, 0.1) is 11.2 Å². The largest absolute Gasteiger partial charge is 0.325 e. The molecule has 1 aromatic heterocycles. The number of rotatable bonds is 3. The van der Waals surface area contributed by atoms with Gasteiger partial charge in [-0.3, -0.25) is 19.5 Å². The summed E-state index contributed by atoms with van der Waals surface area (Å²) in [5, 5.41) is 6.59. The van der Waals surface area contributed by atoms with Crippen LogP contribution in [-0.4, -0.2) is 39.8 Å². The molecule has 2 N–H and O–H groups in total. The Labute approximate surface area is 169 Å². The van der Waals surface area contributed by atoms with Crippen molar-refractivity contribution in [2.24, 2.45) is 11.3 Å². The Bertz CT molecular complexity index is 997. The maximum Gasteiger partial charge on any atom is 0.325 e. The first-order chi connectivity index (χ1) is 13.7. The van der Waals surface area contributed by atoms with E-state index in [1.165, 1.54) is 0 Å². The lowest BCUT2D eigenvalue weighted by molar-refractivity contribution is -0.136. The van der Waals surface area contributed by atoms with Crippen molar-refractivity contribution in [2.75, 3.05) is 11.9 Å². The summed E-state index contributed by atoms with van der Waals surface area (Å²) >= 11 is 0. The zero-order valence-electron chi connectivity index (χ0n) is 17.0. The molecule has 2 aliphatic rings. The molecule has 0 radical (unpaired) electrons. The maximum absolute atomic E-state index is 13.2. The average molecular weight is 394 g/mol. The number of imide groups is 1. The number of amides is 4. The van der Waals surface area contributed by atoms with Crippen molar-refractivity contribution in [2.45, 2.75) is 45.6 Å². The van der Waals surface area contributed by atoms with Crippen LogP contribution in [0.3, 0.4) is 0 Å². The topological polar surface area (TPSA) is 91.4 Å². The molecule has 2 atom stereocenters. The number of aromatic nitrogens is 1. The molecule has 1 aliphatic carbocycles. The van der Waals surface area contributed by atoms with Crippen molar-refractivity contribution in [3.05, 3.63) is 36.5 Å². The quantitative estimate of drug-likeness (QED) is 0.782. The second-order valence-corrected chi connectivity index (χ2v) is 9.19. The number of benzene rings is 1. The Kier molecular flexibility index (Phi) is 4.56. The monoisotopic (exact) mass is 394 g/mol. The number of hydrogen-bond donors (Lipinski definition) is 2. The predicted octanol–water partition coefficient (Wildman–Crippen LogP) is 3.31. The van der Waals surface area contributed by atoms with E-state index in [1.807, 2.05) is 24.3 Å². The van der Waals surface area contributed by atoms with Gasteiger partial charge in [-0.1, -0.05) is 39.0 Å². The van der Waals surface area contributed by atoms with Gasteiger partial charge in [0.1, 0.15) is 12.1 Å². The van der Waals surface area contributed by atoms with Gasteiger partial charge >= 0.3 is 6.03 Å². The summed E-state index contributed by atoms with van der Waals surface area (Å²) in [4.78, 5) is 43.8. The van der Waals surface area contributed by atoms with Crippen LogP contribution in [0.5, 0.6) is 0 Å². The number of nitrogens with one attached hydrogen (secondary N) is 2. The molecule has 4 amide bonds. The highest BCUT2D eigenvalue weighted by Crippen LogP contribution is 2.46. The molecule has 1 saturated carbocycles. The number of anilines is 1. The van der Waals surface area contributed by atoms with Crippen LogP contribution in [0.2, 0.25) is 0 Å². The lowest BCUT2D eigenvalue weighted by atomic mass is 9.64. The van der Waals surface area contributed by atoms with Crippen LogP contribution in [0.25, 0.3) is 10.9 Å². The molecule has 1 aromatic carbocycles. The molecule has 1 saturated heterocycles. The number of nitrogens with zero attached hydrogens (tertiary/aromatic N) is 2. The Morgan fingerprint density at radius 2 is 2.00 bits per heavy atom. The first-order valence-corrected chi connectivity index (χ1v) is 9.97. The molecular weight excluding hydrogens is 368 g/mol. The fraction of sp³-hybridized carbons (Fsp3) is 0.455. The lowest BCUT2D eigenvalue weighted by Crippen LogP contribution is -2.54. The van der Waals surface area contributed by atoms with E-state index in [2.05, 4.69) is 36.4 Å². The van der Waals surface area contributed by atoms with Crippen molar-refractivity contribution in [1.29, 1.82) is 0 Å². The van der Waals surface area contributed by atoms with Crippen LogP contribution in [0.15, 0.2) is 36.5 Å². The zero-order chi connectivity index (χ0) is 20.8. The van der Waals surface area contributed by atoms with Gasteiger partial charge in [-0.15, -0.1) is 0 Å². The number of urea groups is 1. The molecule has 7 heteroatoms. The van der Waals surface area contributed by atoms with Gasteiger partial charge < -0.3 is 10.6 Å². The Morgan fingerprint density at radius 1 is 1.24 bits per heavy atom. The highest BCUT2D eigenvalue weighted by atomic mass is 16.2. The second kappa shape index (κ2) is 6.83. The maximum atomic E-state index is 13.2. The fourth-order valence-electron chi connectivity index (χ4n) is 5.19. The van der Waals surface area contributed by atoms with Crippen molar-refractivity contribution in [1.82, 2.24) is 15.2 Å². The van der Waals surface area contributed by atoms with E-state index in [1.54, 1.807) is 12.3 Å². The summed E-state index contributed by atoms with van der Waals surface area (Å²) < 4.78 is 0. The molecule has 0 bridgehead atoms. The lowest BCUT2D eigenvalue weighted by Gasteiger charge is -2.43. The van der Waals surface area contributed by atoms with E-state index < -0.39 is 17.5 Å². The summed E-state index contributed by atoms with van der Waals surface area (Å²) in [6.45, 7) is 6.02. The minimum atomic E-state index is -0.903. The van der Waals surface area contributed by atoms with Crippen LogP contribution < -0.4 is 10.6 Å². The van der Waals surface area contributed by atoms with Gasteiger partial charge in [-0.05, 0) is 42.7 Å². The third-order valence-corrected chi connectivity index (χ3v) is 5.83. The van der Waals surface area contributed by atoms with E-state index >= 15 is 0 Å². The first-order valence-electron chi connectivity index (χ1n) is 9.97. The summed E-state index contributed by atoms with van der Waals surface area (Å²) in [5.74, 6) is -0.404. The van der Waals surface area contributed by atoms with Gasteiger partial charge in [-0.25, -0.2) is 4.79 Å². The van der Waals surface area contributed by atoms with Crippen LogP contribution in [0.1, 0.15) is 40.0 Å². The molecule has 1 spiro atoms. The third kappa shape index (κ3) is 3.57. The molecule has 2 unspecified atom stereocenters. The van der Waals surface area contributed by atoms with Gasteiger partial charge in [-0.2, -0.15) is 0 Å². The standard InChI is InChI=1S/C22H26N4O3/c1-14-10-21(2,3)13-22(11-14)19(28)26(20(29)25-22)12-17(27)24-16-8-4-6-15-7-5-9-23-18(15)16/h4-9,14H,10-13H2,1-3H3,(H,24,27)(H,25,29). The van der Waals surface area contributed by atoms with E-state index in [9.17, 15) is 14.4 Å². The minimum Gasteiger partial charge on any atom is -0.323 e. The normalized spacial score (nSPS) is 26.0. The number of carbonyl (C=O) groups excluding carboxylic acids is 3. The summed E-state index contributed by atoms with van der Waals surface area (Å²) in [6.07, 6.45) is 3.85. The number of hydrogen-bond acceptors (Lipinski definition) is 4. The Morgan fingerprint density at radius 3 is 2.76 bits per heavy atom. The van der Waals surface area contributed by atoms with Gasteiger partial charge in [0, 0.05) is 11.6 Å². The summed E-state index contributed by atoms with van der Waals surface area (Å²) in [5.41, 5.74) is 0.273. The van der Waals surface area contributed by atoms with E-state index in [4.69, 9.17) is 0 Å². The van der Waals surface area contributed by atoms with Gasteiger partial charge in [0.25, 0.3) is 5.91 Å². The molecular formula is C22H26N4O3. The predicted molar refractivity (Wildman–Crippen MR) is 110 cm³/mol. The van der Waals surface area contributed by atoms with E-state index in [-0.39, 0.29) is 17.9 Å². The third-order valence-electron chi connectivity index (χ3n) is 5.83. The summed E-state index contributed by atoms with van der Waals surface area (Å²) in [7, 11) is 0. The molecule has 152 valence electrons. The van der Waals surface area contributed by atoms with Crippen molar-refractivity contribution >= 4 is 34.4 Å². The molecule has 7 nitrogen and oxygen atoms in total. The zero-order valence-corrected chi connectivity index (χ0v) is 17.0. The minimum absolute atomic E-state index is 0.0481. The number of para-hydroxylation sites is 1. The average Bonchev–Trinajstić information content (AvgIpc) is 2.83. The summed E-state index contributed by atoms with van der Waals surface area (Å²) in [6, 6.07) is 8.73. The SMILES string of the molecule is CC1CC(C)(C)CC2(C1)NC(=O)N(CC(=O)Nc1cccc3cccnc13)C2=O. The molecule has 2 aromatic rings. The first kappa shape index (κ1) is 19.4. The van der Waals surface area contributed by atoms with Crippen LogP contribution >= 0.6 is 0 Å².